The smallest absolute Gasteiger partial charge is 0.431 e. The third-order valence-electron chi connectivity index (χ3n) is 3.48. The Morgan fingerprint density at radius 2 is 1.86 bits per heavy atom. The van der Waals surface area contributed by atoms with Gasteiger partial charge < -0.3 is 9.73 Å². The quantitative estimate of drug-likeness (QED) is 0.814. The van der Waals surface area contributed by atoms with Crippen LogP contribution in [-0.4, -0.2) is 11.9 Å². The third-order valence-corrected chi connectivity index (χ3v) is 3.48. The van der Waals surface area contributed by atoms with Gasteiger partial charge in [0.25, 0.3) is 0 Å². The maximum absolute atomic E-state index is 13.2. The molecule has 1 aliphatic rings. The second kappa shape index (κ2) is 5.05. The van der Waals surface area contributed by atoms with Crippen molar-refractivity contribution in [1.82, 2.24) is 0 Å². The van der Waals surface area contributed by atoms with E-state index in [-0.39, 0.29) is 11.5 Å². The van der Waals surface area contributed by atoms with Crippen molar-refractivity contribution < 1.29 is 17.6 Å². The van der Waals surface area contributed by atoms with Crippen LogP contribution in [0, 0.1) is 13.8 Å². The molecule has 1 N–H and O–H groups in total. The van der Waals surface area contributed by atoms with Crippen LogP contribution in [-0.2, 0) is 0 Å². The summed E-state index contributed by atoms with van der Waals surface area (Å²) in [4.78, 5) is 4.33. The van der Waals surface area contributed by atoms with Crippen LogP contribution in [0.4, 0.5) is 24.5 Å². The Bertz CT molecular complexity index is 771. The molecule has 3 nitrogen and oxygen atoms in total. The molecule has 114 valence electrons. The molecule has 2 heterocycles. The highest BCUT2D eigenvalue weighted by Crippen LogP contribution is 2.36. The zero-order chi connectivity index (χ0) is 15.9. The molecular formula is C16H13F3N2O. The van der Waals surface area contributed by atoms with Gasteiger partial charge in [-0.3, -0.25) is 0 Å². The number of aryl methyl sites for hydroxylation is 2. The van der Waals surface area contributed by atoms with Crippen LogP contribution in [0.2, 0.25) is 0 Å². The first kappa shape index (κ1) is 14.4. The SMILES string of the molecule is Cc1cc2c(cc1C)NC(C(F)(F)F)=CC(c1ccco1)=N2. The minimum absolute atomic E-state index is 0.131. The van der Waals surface area contributed by atoms with Gasteiger partial charge in [0, 0.05) is 0 Å². The lowest BCUT2D eigenvalue weighted by atomic mass is 10.1. The number of hydrogen-bond acceptors (Lipinski definition) is 3. The van der Waals surface area contributed by atoms with Crippen molar-refractivity contribution in [1.29, 1.82) is 0 Å². The minimum atomic E-state index is -4.51. The van der Waals surface area contributed by atoms with E-state index in [0.29, 0.717) is 11.4 Å². The maximum Gasteiger partial charge on any atom is 0.431 e. The third kappa shape index (κ3) is 2.64. The van der Waals surface area contributed by atoms with Crippen molar-refractivity contribution in [3.63, 3.8) is 0 Å². The van der Waals surface area contributed by atoms with E-state index in [1.165, 1.54) is 6.26 Å². The van der Waals surface area contributed by atoms with E-state index >= 15 is 0 Å². The molecule has 1 aromatic carbocycles. The van der Waals surface area contributed by atoms with Crippen LogP contribution in [0.15, 0.2) is 51.7 Å². The molecule has 0 saturated carbocycles. The summed E-state index contributed by atoms with van der Waals surface area (Å²) in [5, 5.41) is 2.44. The molecule has 6 heteroatoms. The van der Waals surface area contributed by atoms with Gasteiger partial charge in [0.05, 0.1) is 17.6 Å². The first-order chi connectivity index (χ1) is 10.3. The average Bonchev–Trinajstić information content (AvgIpc) is 2.88. The van der Waals surface area contributed by atoms with E-state index in [0.717, 1.165) is 17.2 Å². The molecule has 0 unspecified atom stereocenters. The zero-order valence-corrected chi connectivity index (χ0v) is 12.0. The fourth-order valence-corrected chi connectivity index (χ4v) is 2.18. The number of halogens is 3. The molecule has 22 heavy (non-hydrogen) atoms. The molecule has 0 atom stereocenters. The fraction of sp³-hybridized carbons (Fsp3) is 0.188. The lowest BCUT2D eigenvalue weighted by Gasteiger charge is -2.15. The summed E-state index contributed by atoms with van der Waals surface area (Å²) in [5.41, 5.74) is 1.89. The Morgan fingerprint density at radius 3 is 2.50 bits per heavy atom. The van der Waals surface area contributed by atoms with E-state index in [1.807, 2.05) is 13.8 Å². The van der Waals surface area contributed by atoms with E-state index < -0.39 is 11.9 Å². The van der Waals surface area contributed by atoms with Crippen molar-refractivity contribution >= 4 is 17.1 Å². The number of rotatable bonds is 1. The molecule has 2 aromatic rings. The van der Waals surface area contributed by atoms with E-state index in [4.69, 9.17) is 4.42 Å². The maximum atomic E-state index is 13.2. The fourth-order valence-electron chi connectivity index (χ4n) is 2.18. The lowest BCUT2D eigenvalue weighted by molar-refractivity contribution is -0.0901. The number of benzene rings is 1. The van der Waals surface area contributed by atoms with E-state index in [9.17, 15) is 13.2 Å². The van der Waals surface area contributed by atoms with Gasteiger partial charge >= 0.3 is 6.18 Å². The van der Waals surface area contributed by atoms with Crippen molar-refractivity contribution in [3.8, 4) is 0 Å². The van der Waals surface area contributed by atoms with E-state index in [2.05, 4.69) is 10.3 Å². The van der Waals surface area contributed by atoms with Crippen molar-refractivity contribution in [2.75, 3.05) is 5.32 Å². The van der Waals surface area contributed by atoms with Gasteiger partial charge in [0.15, 0.2) is 5.76 Å². The van der Waals surface area contributed by atoms with Gasteiger partial charge in [0.2, 0.25) is 0 Å². The molecule has 0 spiro atoms. The Balaban J connectivity index is 2.21. The number of nitrogens with one attached hydrogen (secondary N) is 1. The first-order valence-corrected chi connectivity index (χ1v) is 6.64. The number of hydrogen-bond donors (Lipinski definition) is 1. The normalized spacial score (nSPS) is 14.6. The molecule has 1 aromatic heterocycles. The summed E-state index contributed by atoms with van der Waals surface area (Å²) in [5.74, 6) is 0.287. The topological polar surface area (TPSA) is 37.5 Å². The highest BCUT2D eigenvalue weighted by molar-refractivity contribution is 6.10. The van der Waals surface area contributed by atoms with Crippen molar-refractivity contribution in [2.45, 2.75) is 20.0 Å². The Labute approximate surface area is 125 Å². The van der Waals surface area contributed by atoms with Crippen molar-refractivity contribution in [3.05, 3.63) is 59.2 Å². The van der Waals surface area contributed by atoms with Crippen LogP contribution >= 0.6 is 0 Å². The summed E-state index contributed by atoms with van der Waals surface area (Å²) in [6.45, 7) is 3.73. The number of allylic oxidation sites excluding steroid dienone is 2. The van der Waals surface area contributed by atoms with Crippen LogP contribution in [0.3, 0.4) is 0 Å². The Morgan fingerprint density at radius 1 is 1.14 bits per heavy atom. The van der Waals surface area contributed by atoms with E-state index in [1.54, 1.807) is 24.3 Å². The predicted octanol–water partition coefficient (Wildman–Crippen LogP) is 4.89. The summed E-state index contributed by atoms with van der Waals surface area (Å²) < 4.78 is 44.8. The molecule has 0 saturated heterocycles. The Hall–Kier alpha value is -2.50. The largest absolute Gasteiger partial charge is 0.463 e. The van der Waals surface area contributed by atoms with Gasteiger partial charge in [0.1, 0.15) is 11.4 Å². The summed E-state index contributed by atoms with van der Waals surface area (Å²) in [6.07, 6.45) is -2.14. The van der Waals surface area contributed by atoms with Crippen LogP contribution in [0.5, 0.6) is 0 Å². The molecular weight excluding hydrogens is 293 g/mol. The van der Waals surface area contributed by atoms with Crippen LogP contribution in [0.25, 0.3) is 0 Å². The summed E-state index contributed by atoms with van der Waals surface area (Å²) in [7, 11) is 0. The zero-order valence-electron chi connectivity index (χ0n) is 12.0. The lowest BCUT2D eigenvalue weighted by Crippen LogP contribution is -2.19. The van der Waals surface area contributed by atoms with Gasteiger partial charge in [-0.25, -0.2) is 4.99 Å². The standard InChI is InChI=1S/C16H13F3N2O/c1-9-6-11-12(7-10(9)2)21-15(16(17,18)19)8-13(20-11)14-4-3-5-22-14/h3-8,21H,1-2H3. The average molecular weight is 306 g/mol. The van der Waals surface area contributed by atoms with Gasteiger partial charge in [-0.05, 0) is 55.3 Å². The molecule has 0 aliphatic carbocycles. The second-order valence-corrected chi connectivity index (χ2v) is 5.11. The van der Waals surface area contributed by atoms with Crippen molar-refractivity contribution in [2.24, 2.45) is 4.99 Å². The molecule has 0 bridgehead atoms. The van der Waals surface area contributed by atoms with Gasteiger partial charge in [-0.1, -0.05) is 0 Å². The number of alkyl halides is 3. The van der Waals surface area contributed by atoms with Gasteiger partial charge in [-0.15, -0.1) is 0 Å². The molecule has 0 radical (unpaired) electrons. The van der Waals surface area contributed by atoms with Gasteiger partial charge in [-0.2, -0.15) is 13.2 Å². The molecule has 3 rings (SSSR count). The number of fused-ring (bicyclic) bond motifs is 1. The van der Waals surface area contributed by atoms with Crippen LogP contribution < -0.4 is 5.32 Å². The molecule has 0 fully saturated rings. The predicted molar refractivity (Wildman–Crippen MR) is 78.6 cm³/mol. The summed E-state index contributed by atoms with van der Waals surface area (Å²) >= 11 is 0. The summed E-state index contributed by atoms with van der Waals surface area (Å²) in [6, 6.07) is 6.61. The number of anilines is 1. The second-order valence-electron chi connectivity index (χ2n) is 5.11. The highest BCUT2D eigenvalue weighted by atomic mass is 19.4. The number of furan rings is 1. The molecule has 0 amide bonds. The number of aliphatic imine (C=N–C) groups is 1. The highest BCUT2D eigenvalue weighted by Gasteiger charge is 2.36. The molecule has 1 aliphatic heterocycles. The Kier molecular flexibility index (Phi) is 3.31. The van der Waals surface area contributed by atoms with Crippen LogP contribution in [0.1, 0.15) is 16.9 Å². The minimum Gasteiger partial charge on any atom is -0.463 e. The monoisotopic (exact) mass is 306 g/mol. The first-order valence-electron chi connectivity index (χ1n) is 6.64. The number of nitrogens with zero attached hydrogens (tertiary/aromatic N) is 1.